The SMILES string of the molecule is FC(F)(F)c1cc(-c2ccccn2)[n-]n1.[Ir+3].[c-]1ccccc1-c1cccc([C@]2(c3ccccn3)c3[c-]cccc3-c3ccccc32)n1. The van der Waals surface area contributed by atoms with Gasteiger partial charge in [-0.2, -0.15) is 37.4 Å². The number of fused-ring (bicyclic) bond motifs is 3. The van der Waals surface area contributed by atoms with E-state index in [1.165, 1.54) is 22.9 Å². The van der Waals surface area contributed by atoms with Gasteiger partial charge >= 0.3 is 26.3 Å². The third kappa shape index (κ3) is 5.91. The summed E-state index contributed by atoms with van der Waals surface area (Å²) >= 11 is 0. The Morgan fingerprint density at radius 2 is 1.34 bits per heavy atom. The number of benzene rings is 3. The molecule has 7 aromatic rings. The minimum absolute atomic E-state index is 0. The van der Waals surface area contributed by atoms with Gasteiger partial charge in [0, 0.05) is 23.8 Å². The van der Waals surface area contributed by atoms with Crippen molar-refractivity contribution in [1.82, 2.24) is 25.1 Å². The first-order chi connectivity index (χ1) is 22.5. The number of rotatable bonds is 4. The molecule has 1 atom stereocenters. The second-order valence-corrected chi connectivity index (χ2v) is 10.5. The van der Waals surface area contributed by atoms with Crippen molar-refractivity contribution in [3.05, 3.63) is 180 Å². The molecule has 0 aliphatic heterocycles. The zero-order valence-corrected chi connectivity index (χ0v) is 26.9. The molecule has 230 valence electrons. The van der Waals surface area contributed by atoms with Crippen LogP contribution in [0.5, 0.6) is 0 Å². The quantitative estimate of drug-likeness (QED) is 0.168. The fourth-order valence-corrected chi connectivity index (χ4v) is 5.82. The second-order valence-electron chi connectivity index (χ2n) is 10.5. The maximum atomic E-state index is 12.2. The molecule has 0 unspecified atom stereocenters. The number of hydrogen-bond donors (Lipinski definition) is 0. The molecule has 0 spiro atoms. The van der Waals surface area contributed by atoms with Gasteiger partial charge in [0.05, 0.1) is 11.1 Å². The molecule has 0 radical (unpaired) electrons. The predicted molar refractivity (Wildman–Crippen MR) is 168 cm³/mol. The average Bonchev–Trinajstić information content (AvgIpc) is 3.73. The first kappa shape index (κ1) is 31.7. The van der Waals surface area contributed by atoms with Crippen LogP contribution < -0.4 is 5.10 Å². The summed E-state index contributed by atoms with van der Waals surface area (Å²) in [6, 6.07) is 47.7. The Hall–Kier alpha value is -5.24. The second kappa shape index (κ2) is 13.2. The van der Waals surface area contributed by atoms with E-state index in [9.17, 15) is 13.2 Å². The van der Waals surface area contributed by atoms with Crippen molar-refractivity contribution in [2.24, 2.45) is 0 Å². The Labute approximate surface area is 283 Å². The maximum Gasteiger partial charge on any atom is 3.00 e. The average molecular weight is 799 g/mol. The maximum absolute atomic E-state index is 12.2. The van der Waals surface area contributed by atoms with Crippen LogP contribution in [0, 0.1) is 12.1 Å². The Balaban J connectivity index is 0.000000204. The van der Waals surface area contributed by atoms with Crippen molar-refractivity contribution in [2.75, 3.05) is 0 Å². The van der Waals surface area contributed by atoms with Gasteiger partial charge in [0.25, 0.3) is 0 Å². The number of aromatic nitrogens is 5. The van der Waals surface area contributed by atoms with E-state index in [0.717, 1.165) is 34.3 Å². The standard InChI is InChI=1S/C29H18N2.C9H5F3N3.Ir/c1-2-11-21(12-3-1)26-17-10-19-28(31-26)29(27-18-8-9-20-30-27)24-15-6-4-13-22(24)23-14-5-7-16-25(23)29;10-9(11,12)8-5-7(14-15-8)6-3-1-2-4-13-6;/h1-11,13-15,17-20H;1-5H;/q-2;-1;+3/t29-;;/m0../s1. The van der Waals surface area contributed by atoms with Gasteiger partial charge in [0.1, 0.15) is 5.69 Å². The zero-order chi connectivity index (χ0) is 31.6. The van der Waals surface area contributed by atoms with Gasteiger partial charge in [-0.25, -0.2) is 0 Å². The van der Waals surface area contributed by atoms with Crippen LogP contribution in [0.1, 0.15) is 28.2 Å². The zero-order valence-electron chi connectivity index (χ0n) is 24.5. The molecule has 0 saturated carbocycles. The van der Waals surface area contributed by atoms with Crippen LogP contribution in [0.15, 0.2) is 140 Å². The van der Waals surface area contributed by atoms with E-state index in [-0.39, 0.29) is 25.8 Å². The van der Waals surface area contributed by atoms with Crippen molar-refractivity contribution in [2.45, 2.75) is 11.6 Å². The minimum Gasteiger partial charge on any atom is -0.573 e. The van der Waals surface area contributed by atoms with E-state index < -0.39 is 17.3 Å². The minimum atomic E-state index is -4.46. The van der Waals surface area contributed by atoms with Crippen molar-refractivity contribution in [1.29, 1.82) is 0 Å². The van der Waals surface area contributed by atoms with E-state index in [1.807, 2.05) is 60.8 Å². The smallest absolute Gasteiger partial charge is 0.573 e. The van der Waals surface area contributed by atoms with Crippen LogP contribution in [-0.2, 0) is 31.7 Å². The van der Waals surface area contributed by atoms with Gasteiger partial charge in [0.15, 0.2) is 0 Å². The van der Waals surface area contributed by atoms with E-state index in [2.05, 4.69) is 75.8 Å². The van der Waals surface area contributed by atoms with Gasteiger partial charge in [-0.05, 0) is 47.7 Å². The van der Waals surface area contributed by atoms with Crippen LogP contribution in [0.2, 0.25) is 0 Å². The van der Waals surface area contributed by atoms with Crippen LogP contribution in [0.4, 0.5) is 13.2 Å². The van der Waals surface area contributed by atoms with Crippen molar-refractivity contribution >= 4 is 0 Å². The molecule has 0 bridgehead atoms. The largest absolute Gasteiger partial charge is 3.00 e. The molecule has 47 heavy (non-hydrogen) atoms. The normalized spacial score (nSPS) is 14.6. The molecule has 4 aromatic heterocycles. The molecule has 0 saturated heterocycles. The molecule has 0 N–H and O–H groups in total. The molecule has 3 aromatic carbocycles. The van der Waals surface area contributed by atoms with Gasteiger partial charge in [-0.3, -0.25) is 15.0 Å². The predicted octanol–water partition coefficient (Wildman–Crippen LogP) is 8.22. The number of pyridine rings is 3. The Morgan fingerprint density at radius 1 is 0.638 bits per heavy atom. The summed E-state index contributed by atoms with van der Waals surface area (Å²) < 4.78 is 36.6. The molecule has 9 heteroatoms. The van der Waals surface area contributed by atoms with Crippen LogP contribution in [0.3, 0.4) is 0 Å². The summed E-state index contributed by atoms with van der Waals surface area (Å²) in [6.45, 7) is 0. The molecule has 1 aliphatic rings. The van der Waals surface area contributed by atoms with Crippen LogP contribution in [0.25, 0.3) is 33.8 Å². The molecule has 5 nitrogen and oxygen atoms in total. The Bertz CT molecular complexity index is 2050. The topological polar surface area (TPSA) is 65.7 Å². The fourth-order valence-electron chi connectivity index (χ4n) is 5.82. The molecular formula is C38H23F3IrN5. The third-order valence-electron chi connectivity index (χ3n) is 7.78. The molecule has 4 heterocycles. The number of alkyl halides is 3. The van der Waals surface area contributed by atoms with E-state index >= 15 is 0 Å². The molecule has 0 amide bonds. The summed E-state index contributed by atoms with van der Waals surface area (Å²) in [7, 11) is 0. The van der Waals surface area contributed by atoms with E-state index in [0.29, 0.717) is 5.69 Å². The van der Waals surface area contributed by atoms with Crippen LogP contribution >= 0.6 is 0 Å². The van der Waals surface area contributed by atoms with Gasteiger partial charge < -0.3 is 10.2 Å². The van der Waals surface area contributed by atoms with Gasteiger partial charge in [0.2, 0.25) is 0 Å². The Morgan fingerprint density at radius 3 is 2.06 bits per heavy atom. The molecule has 8 rings (SSSR count). The molecule has 0 fully saturated rings. The third-order valence-corrected chi connectivity index (χ3v) is 7.78. The van der Waals surface area contributed by atoms with Crippen molar-refractivity contribution in [3.8, 4) is 33.8 Å². The first-order valence-corrected chi connectivity index (χ1v) is 14.4. The first-order valence-electron chi connectivity index (χ1n) is 14.4. The summed E-state index contributed by atoms with van der Waals surface area (Å²) in [4.78, 5) is 13.9. The fraction of sp³-hybridized carbons (Fsp3) is 0.0526. The summed E-state index contributed by atoms with van der Waals surface area (Å²) in [5, 5.41) is 6.47. The van der Waals surface area contributed by atoms with Crippen LogP contribution in [-0.4, -0.2) is 20.1 Å². The van der Waals surface area contributed by atoms with Gasteiger partial charge in [-0.15, -0.1) is 47.0 Å². The number of hydrogen-bond acceptors (Lipinski definition) is 4. The summed E-state index contributed by atoms with van der Waals surface area (Å²) in [5.74, 6) is 0. The van der Waals surface area contributed by atoms with Gasteiger partial charge in [-0.1, -0.05) is 59.8 Å². The summed E-state index contributed by atoms with van der Waals surface area (Å²) in [6.07, 6.45) is -1.12. The van der Waals surface area contributed by atoms with E-state index in [4.69, 9.17) is 9.97 Å². The molecule has 1 aliphatic carbocycles. The van der Waals surface area contributed by atoms with Crippen molar-refractivity contribution in [3.63, 3.8) is 0 Å². The number of halogens is 3. The van der Waals surface area contributed by atoms with E-state index in [1.54, 1.807) is 18.2 Å². The number of nitrogens with zero attached hydrogens (tertiary/aromatic N) is 5. The monoisotopic (exact) mass is 799 g/mol. The Kier molecular flexibility index (Phi) is 8.94. The van der Waals surface area contributed by atoms with Crippen molar-refractivity contribution < 1.29 is 33.3 Å². The summed E-state index contributed by atoms with van der Waals surface area (Å²) in [5.41, 5.74) is 7.31. The molecular weight excluding hydrogens is 776 g/mol.